The molecule has 0 fully saturated rings. The molecule has 0 aromatic heterocycles. The van der Waals surface area contributed by atoms with E-state index in [4.69, 9.17) is 27.9 Å². The van der Waals surface area contributed by atoms with Crippen LogP contribution in [-0.2, 0) is 4.74 Å². The van der Waals surface area contributed by atoms with Crippen molar-refractivity contribution in [1.29, 1.82) is 0 Å². The number of carbonyl (C=O) groups excluding carboxylic acids is 1. The van der Waals surface area contributed by atoms with Gasteiger partial charge in [-0.25, -0.2) is 0 Å². The molecule has 0 spiro atoms. The van der Waals surface area contributed by atoms with Gasteiger partial charge in [0.15, 0.2) is 5.78 Å². The Labute approximate surface area is 124 Å². The van der Waals surface area contributed by atoms with Crippen molar-refractivity contribution in [2.24, 2.45) is 0 Å². The van der Waals surface area contributed by atoms with E-state index >= 15 is 0 Å². The zero-order chi connectivity index (χ0) is 14.4. The molecule has 1 rings (SSSR count). The Morgan fingerprint density at radius 1 is 1.37 bits per heavy atom. The number of hydrogen-bond donors (Lipinski definition) is 0. The zero-order valence-electron chi connectivity index (χ0n) is 11.5. The van der Waals surface area contributed by atoms with Gasteiger partial charge in [0, 0.05) is 17.1 Å². The van der Waals surface area contributed by atoms with Crippen LogP contribution in [0.3, 0.4) is 0 Å². The van der Waals surface area contributed by atoms with Gasteiger partial charge in [0.25, 0.3) is 0 Å². The van der Waals surface area contributed by atoms with Crippen LogP contribution >= 0.6 is 23.2 Å². The number of benzene rings is 1. The van der Waals surface area contributed by atoms with E-state index in [0.717, 1.165) is 0 Å². The highest BCUT2D eigenvalue weighted by molar-refractivity contribution is 6.36. The van der Waals surface area contributed by atoms with Crippen molar-refractivity contribution < 1.29 is 9.53 Å². The highest BCUT2D eigenvalue weighted by atomic mass is 35.5. The molecule has 0 N–H and O–H groups in total. The summed E-state index contributed by atoms with van der Waals surface area (Å²) >= 11 is 11.9. The molecule has 106 valence electrons. The summed E-state index contributed by atoms with van der Waals surface area (Å²) in [5.74, 6) is -0.0421. The molecule has 0 bridgehead atoms. The van der Waals surface area contributed by atoms with E-state index < -0.39 is 0 Å². The van der Waals surface area contributed by atoms with Crippen LogP contribution in [0.15, 0.2) is 18.2 Å². The van der Waals surface area contributed by atoms with Gasteiger partial charge < -0.3 is 4.74 Å². The molecule has 0 heterocycles. The van der Waals surface area contributed by atoms with Crippen molar-refractivity contribution in [3.63, 3.8) is 0 Å². The minimum Gasteiger partial charge on any atom is -0.377 e. The summed E-state index contributed by atoms with van der Waals surface area (Å²) in [5, 5.41) is 0.944. The summed E-state index contributed by atoms with van der Waals surface area (Å²) < 4.78 is 5.44. The van der Waals surface area contributed by atoms with Gasteiger partial charge in [-0.2, -0.15) is 0 Å². The molecule has 1 aromatic rings. The van der Waals surface area contributed by atoms with Crippen LogP contribution in [-0.4, -0.2) is 43.5 Å². The molecular formula is C14H19Cl2NO2. The number of halogens is 2. The predicted molar refractivity (Wildman–Crippen MR) is 79.4 cm³/mol. The fraction of sp³-hybridized carbons (Fsp3) is 0.500. The quantitative estimate of drug-likeness (QED) is 0.722. The van der Waals surface area contributed by atoms with E-state index in [1.807, 2.05) is 25.8 Å². The lowest BCUT2D eigenvalue weighted by Crippen LogP contribution is -2.30. The number of rotatable bonds is 7. The highest BCUT2D eigenvalue weighted by Crippen LogP contribution is 2.21. The van der Waals surface area contributed by atoms with Gasteiger partial charge in [-0.05, 0) is 39.1 Å². The summed E-state index contributed by atoms with van der Waals surface area (Å²) in [6, 6.07) is 4.91. The number of likely N-dealkylation sites (N-methyl/N-ethyl adjacent to an activating group) is 1. The fourth-order valence-electron chi connectivity index (χ4n) is 1.56. The topological polar surface area (TPSA) is 29.5 Å². The van der Waals surface area contributed by atoms with Crippen molar-refractivity contribution in [3.8, 4) is 0 Å². The number of nitrogens with zero attached hydrogens (tertiary/aromatic N) is 1. The minimum absolute atomic E-state index is 0.0421. The monoisotopic (exact) mass is 303 g/mol. The maximum atomic E-state index is 12.1. The fourth-order valence-corrected chi connectivity index (χ4v) is 1.96. The molecule has 0 aliphatic rings. The first-order valence-electron chi connectivity index (χ1n) is 6.18. The third-order valence-electron chi connectivity index (χ3n) is 2.57. The Balaban J connectivity index is 2.52. The largest absolute Gasteiger partial charge is 0.377 e. The van der Waals surface area contributed by atoms with E-state index in [2.05, 4.69) is 0 Å². The lowest BCUT2D eigenvalue weighted by molar-refractivity contribution is 0.0620. The van der Waals surface area contributed by atoms with Gasteiger partial charge in [-0.1, -0.05) is 23.2 Å². The van der Waals surface area contributed by atoms with Crippen LogP contribution in [0, 0.1) is 0 Å². The van der Waals surface area contributed by atoms with E-state index in [1.165, 1.54) is 0 Å². The molecule has 0 saturated heterocycles. The van der Waals surface area contributed by atoms with E-state index in [0.29, 0.717) is 35.3 Å². The van der Waals surface area contributed by atoms with Gasteiger partial charge in [-0.3, -0.25) is 9.69 Å². The number of carbonyl (C=O) groups is 1. The van der Waals surface area contributed by atoms with E-state index in [1.54, 1.807) is 18.2 Å². The SMILES string of the molecule is CC(C)OCCN(C)CC(=O)c1cc(Cl)ccc1Cl. The summed E-state index contributed by atoms with van der Waals surface area (Å²) in [7, 11) is 1.88. The van der Waals surface area contributed by atoms with Crippen LogP contribution in [0.1, 0.15) is 24.2 Å². The van der Waals surface area contributed by atoms with Crippen LogP contribution in [0.25, 0.3) is 0 Å². The number of hydrogen-bond acceptors (Lipinski definition) is 3. The number of ether oxygens (including phenoxy) is 1. The molecule has 19 heavy (non-hydrogen) atoms. The third kappa shape index (κ3) is 5.91. The molecule has 0 amide bonds. The molecule has 1 aromatic carbocycles. The molecule has 0 aliphatic carbocycles. The Morgan fingerprint density at radius 2 is 2.05 bits per heavy atom. The Morgan fingerprint density at radius 3 is 2.68 bits per heavy atom. The second kappa shape index (κ2) is 7.85. The first kappa shape index (κ1) is 16.4. The summed E-state index contributed by atoms with van der Waals surface area (Å²) in [6.45, 7) is 5.56. The Hall–Kier alpha value is -0.610. The molecule has 0 aliphatic heterocycles. The zero-order valence-corrected chi connectivity index (χ0v) is 13.0. The predicted octanol–water partition coefficient (Wildman–Crippen LogP) is 3.53. The average Bonchev–Trinajstić information content (AvgIpc) is 2.31. The standard InChI is InChI=1S/C14H19Cl2NO2/c1-10(2)19-7-6-17(3)9-14(18)12-8-11(15)4-5-13(12)16/h4-5,8,10H,6-7,9H2,1-3H3. The lowest BCUT2D eigenvalue weighted by Gasteiger charge is -2.17. The van der Waals surface area contributed by atoms with Crippen molar-refractivity contribution in [1.82, 2.24) is 4.90 Å². The molecular weight excluding hydrogens is 285 g/mol. The van der Waals surface area contributed by atoms with Crippen molar-refractivity contribution in [3.05, 3.63) is 33.8 Å². The van der Waals surface area contributed by atoms with E-state index in [9.17, 15) is 4.79 Å². The molecule has 0 saturated carbocycles. The second-order valence-corrected chi connectivity index (χ2v) is 5.55. The first-order valence-corrected chi connectivity index (χ1v) is 6.94. The molecule has 0 radical (unpaired) electrons. The maximum absolute atomic E-state index is 12.1. The van der Waals surface area contributed by atoms with Gasteiger partial charge in [0.1, 0.15) is 0 Å². The molecule has 0 atom stereocenters. The smallest absolute Gasteiger partial charge is 0.178 e. The first-order chi connectivity index (χ1) is 8.90. The van der Waals surface area contributed by atoms with Crippen molar-refractivity contribution in [2.75, 3.05) is 26.7 Å². The maximum Gasteiger partial charge on any atom is 0.178 e. The summed E-state index contributed by atoms with van der Waals surface area (Å²) in [6.07, 6.45) is 0.200. The normalized spacial score (nSPS) is 11.3. The lowest BCUT2D eigenvalue weighted by atomic mass is 10.1. The van der Waals surface area contributed by atoms with Crippen LogP contribution in [0.5, 0.6) is 0 Å². The minimum atomic E-state index is -0.0421. The van der Waals surface area contributed by atoms with Gasteiger partial charge in [-0.15, -0.1) is 0 Å². The van der Waals surface area contributed by atoms with Crippen molar-refractivity contribution in [2.45, 2.75) is 20.0 Å². The number of ketones is 1. The molecule has 0 unspecified atom stereocenters. The molecule has 5 heteroatoms. The average molecular weight is 304 g/mol. The molecule has 3 nitrogen and oxygen atoms in total. The van der Waals surface area contributed by atoms with Crippen molar-refractivity contribution >= 4 is 29.0 Å². The summed E-state index contributed by atoms with van der Waals surface area (Å²) in [4.78, 5) is 14.0. The Kier molecular flexibility index (Phi) is 6.80. The van der Waals surface area contributed by atoms with Crippen LogP contribution < -0.4 is 0 Å². The summed E-state index contributed by atoms with van der Waals surface area (Å²) in [5.41, 5.74) is 0.464. The number of Topliss-reactive ketones (excluding diaryl/α,β-unsaturated/α-hetero) is 1. The van der Waals surface area contributed by atoms with E-state index in [-0.39, 0.29) is 11.9 Å². The highest BCUT2D eigenvalue weighted by Gasteiger charge is 2.13. The second-order valence-electron chi connectivity index (χ2n) is 4.70. The van der Waals surface area contributed by atoms with Gasteiger partial charge >= 0.3 is 0 Å². The third-order valence-corrected chi connectivity index (χ3v) is 3.13. The Bertz CT molecular complexity index is 435. The van der Waals surface area contributed by atoms with Crippen LogP contribution in [0.2, 0.25) is 10.0 Å². The van der Waals surface area contributed by atoms with Crippen LogP contribution in [0.4, 0.5) is 0 Å². The van der Waals surface area contributed by atoms with Gasteiger partial charge in [0.05, 0.1) is 24.3 Å². The van der Waals surface area contributed by atoms with Gasteiger partial charge in [0.2, 0.25) is 0 Å².